The first kappa shape index (κ1) is 23.0. The van der Waals surface area contributed by atoms with Crippen molar-refractivity contribution in [1.29, 1.82) is 0 Å². The van der Waals surface area contributed by atoms with Crippen molar-refractivity contribution in [2.24, 2.45) is 0 Å². The van der Waals surface area contributed by atoms with Crippen molar-refractivity contribution < 1.29 is 19.4 Å². The highest BCUT2D eigenvalue weighted by molar-refractivity contribution is 6.04. The molecule has 0 fully saturated rings. The van der Waals surface area contributed by atoms with Gasteiger partial charge >= 0.3 is 5.97 Å². The molecule has 0 spiro atoms. The number of carboxylic acid groups (broad SMARTS) is 1. The quantitative estimate of drug-likeness (QED) is 0.507. The average Bonchev–Trinajstić information content (AvgIpc) is 2.79. The van der Waals surface area contributed by atoms with Crippen LogP contribution in [0.5, 0.6) is 5.75 Å². The molecule has 0 saturated heterocycles. The number of carboxylic acids is 1. The summed E-state index contributed by atoms with van der Waals surface area (Å²) < 4.78 is 5.45. The lowest BCUT2D eigenvalue weighted by atomic mass is 10.0. The predicted molar refractivity (Wildman–Crippen MR) is 127 cm³/mol. The van der Waals surface area contributed by atoms with Crippen LogP contribution in [-0.4, -0.2) is 49.6 Å². The van der Waals surface area contributed by atoms with Gasteiger partial charge in [0.15, 0.2) is 0 Å². The van der Waals surface area contributed by atoms with Crippen LogP contribution in [0, 0.1) is 0 Å². The van der Waals surface area contributed by atoms with Crippen LogP contribution >= 0.6 is 0 Å². The minimum absolute atomic E-state index is 0.180. The second-order valence-corrected chi connectivity index (χ2v) is 7.85. The molecule has 6 nitrogen and oxygen atoms in total. The topological polar surface area (TPSA) is 78.9 Å². The number of nitrogens with zero attached hydrogens (tertiary/aromatic N) is 1. The van der Waals surface area contributed by atoms with Gasteiger partial charge in [0.1, 0.15) is 5.75 Å². The summed E-state index contributed by atoms with van der Waals surface area (Å²) in [5.74, 6) is -0.340. The summed E-state index contributed by atoms with van der Waals surface area (Å²) in [6.45, 7) is 0.963. The zero-order chi connectivity index (χ0) is 23.1. The Balaban J connectivity index is 1.69. The van der Waals surface area contributed by atoms with E-state index in [-0.39, 0.29) is 11.5 Å². The molecule has 0 aliphatic carbocycles. The number of rotatable bonds is 9. The van der Waals surface area contributed by atoms with Gasteiger partial charge in [-0.2, -0.15) is 0 Å². The molecule has 166 valence electrons. The van der Waals surface area contributed by atoms with Crippen LogP contribution in [0.25, 0.3) is 11.1 Å². The number of nitrogens with one attached hydrogen (secondary N) is 1. The smallest absolute Gasteiger partial charge is 0.335 e. The number of ether oxygens (including phenoxy) is 1. The lowest BCUT2D eigenvalue weighted by Gasteiger charge is -2.13. The van der Waals surface area contributed by atoms with Crippen molar-refractivity contribution in [2.45, 2.75) is 12.8 Å². The van der Waals surface area contributed by atoms with Gasteiger partial charge in [0.05, 0.1) is 12.7 Å². The number of amides is 1. The fourth-order valence-electron chi connectivity index (χ4n) is 3.46. The molecular weight excluding hydrogens is 404 g/mol. The van der Waals surface area contributed by atoms with Gasteiger partial charge in [-0.15, -0.1) is 0 Å². The number of carbonyl (C=O) groups excluding carboxylic acids is 1. The molecule has 0 bridgehead atoms. The van der Waals surface area contributed by atoms with E-state index < -0.39 is 5.97 Å². The van der Waals surface area contributed by atoms with Crippen LogP contribution in [0.15, 0.2) is 66.7 Å². The van der Waals surface area contributed by atoms with E-state index in [0.29, 0.717) is 11.3 Å². The molecule has 2 N–H and O–H groups in total. The summed E-state index contributed by atoms with van der Waals surface area (Å²) in [5.41, 5.74) is 4.38. The van der Waals surface area contributed by atoms with Gasteiger partial charge in [-0.3, -0.25) is 4.79 Å². The van der Waals surface area contributed by atoms with Crippen LogP contribution < -0.4 is 10.1 Å². The molecule has 0 unspecified atom stereocenters. The maximum atomic E-state index is 12.8. The predicted octanol–water partition coefficient (Wildman–Crippen LogP) is 4.81. The summed E-state index contributed by atoms with van der Waals surface area (Å²) in [6.07, 6.45) is 1.81. The van der Waals surface area contributed by atoms with E-state index in [0.717, 1.165) is 41.8 Å². The van der Waals surface area contributed by atoms with Crippen LogP contribution in [0.1, 0.15) is 32.7 Å². The summed E-state index contributed by atoms with van der Waals surface area (Å²) in [6, 6.07) is 19.6. The molecule has 0 atom stereocenters. The van der Waals surface area contributed by atoms with Crippen molar-refractivity contribution in [1.82, 2.24) is 4.90 Å². The van der Waals surface area contributed by atoms with E-state index in [1.54, 1.807) is 37.4 Å². The molecular formula is C26H28N2O4. The summed E-state index contributed by atoms with van der Waals surface area (Å²) in [7, 11) is 5.72. The maximum Gasteiger partial charge on any atom is 0.335 e. The van der Waals surface area contributed by atoms with Gasteiger partial charge in [0.25, 0.3) is 5.91 Å². The Morgan fingerprint density at radius 1 is 0.906 bits per heavy atom. The highest BCUT2D eigenvalue weighted by Gasteiger charge is 2.11. The molecule has 3 aromatic rings. The van der Waals surface area contributed by atoms with E-state index in [1.807, 2.05) is 50.5 Å². The number of benzene rings is 3. The summed E-state index contributed by atoms with van der Waals surface area (Å²) >= 11 is 0. The Kier molecular flexibility index (Phi) is 7.63. The first-order valence-electron chi connectivity index (χ1n) is 10.4. The van der Waals surface area contributed by atoms with Gasteiger partial charge in [0.2, 0.25) is 0 Å². The maximum absolute atomic E-state index is 12.8. The molecule has 0 aliphatic rings. The third kappa shape index (κ3) is 5.95. The largest absolute Gasteiger partial charge is 0.496 e. The monoisotopic (exact) mass is 432 g/mol. The second-order valence-electron chi connectivity index (χ2n) is 7.85. The first-order valence-corrected chi connectivity index (χ1v) is 10.4. The molecule has 0 saturated carbocycles. The van der Waals surface area contributed by atoms with Gasteiger partial charge in [-0.05, 0) is 92.6 Å². The third-order valence-corrected chi connectivity index (χ3v) is 5.20. The molecule has 0 heterocycles. The number of carbonyl (C=O) groups is 2. The zero-order valence-electron chi connectivity index (χ0n) is 18.6. The first-order chi connectivity index (χ1) is 15.4. The van der Waals surface area contributed by atoms with Crippen molar-refractivity contribution >= 4 is 17.6 Å². The lowest BCUT2D eigenvalue weighted by molar-refractivity contribution is 0.0696. The Bertz CT molecular complexity index is 1070. The Morgan fingerprint density at radius 2 is 1.50 bits per heavy atom. The second kappa shape index (κ2) is 10.6. The molecule has 3 rings (SSSR count). The molecule has 0 aliphatic heterocycles. The van der Waals surface area contributed by atoms with Gasteiger partial charge in [-0.25, -0.2) is 4.79 Å². The standard InChI is InChI=1S/C26H28N2O4/c1-28(2)16-4-5-21-17-22(12-15-24(21)32-3)25(29)27-23-13-10-19(11-14-23)18-6-8-20(9-7-18)26(30)31/h6-15,17H,4-5,16H2,1-3H3,(H,27,29)(H,30,31). The number of aromatic carboxylic acids is 1. The van der Waals surface area contributed by atoms with Gasteiger partial charge in [0, 0.05) is 11.3 Å². The summed E-state index contributed by atoms with van der Waals surface area (Å²) in [4.78, 5) is 25.9. The van der Waals surface area contributed by atoms with Gasteiger partial charge < -0.3 is 20.1 Å². The summed E-state index contributed by atoms with van der Waals surface area (Å²) in [5, 5.41) is 12.0. The fraction of sp³-hybridized carbons (Fsp3) is 0.231. The van der Waals surface area contributed by atoms with Crippen LogP contribution in [0.3, 0.4) is 0 Å². The van der Waals surface area contributed by atoms with Crippen molar-refractivity contribution in [2.75, 3.05) is 33.1 Å². The van der Waals surface area contributed by atoms with E-state index in [4.69, 9.17) is 9.84 Å². The van der Waals surface area contributed by atoms with Crippen molar-refractivity contribution in [3.63, 3.8) is 0 Å². The highest BCUT2D eigenvalue weighted by Crippen LogP contribution is 2.24. The van der Waals surface area contributed by atoms with Crippen LogP contribution in [-0.2, 0) is 6.42 Å². The van der Waals surface area contributed by atoms with Crippen molar-refractivity contribution in [3.05, 3.63) is 83.4 Å². The number of hydrogen-bond donors (Lipinski definition) is 2. The SMILES string of the molecule is COc1ccc(C(=O)Nc2ccc(-c3ccc(C(=O)O)cc3)cc2)cc1CCCN(C)C. The van der Waals surface area contributed by atoms with Gasteiger partial charge in [-0.1, -0.05) is 24.3 Å². The third-order valence-electron chi connectivity index (χ3n) is 5.20. The molecule has 6 heteroatoms. The van der Waals surface area contributed by atoms with E-state index in [2.05, 4.69) is 10.2 Å². The Hall–Kier alpha value is -3.64. The highest BCUT2D eigenvalue weighted by atomic mass is 16.5. The fourth-order valence-corrected chi connectivity index (χ4v) is 3.46. The van der Waals surface area contributed by atoms with E-state index in [1.165, 1.54) is 0 Å². The molecule has 0 aromatic heterocycles. The Labute approximate surface area is 188 Å². The van der Waals surface area contributed by atoms with Crippen LogP contribution in [0.2, 0.25) is 0 Å². The normalized spacial score (nSPS) is 10.8. The number of anilines is 1. The number of methoxy groups -OCH3 is 1. The lowest BCUT2D eigenvalue weighted by Crippen LogP contribution is -2.14. The number of hydrogen-bond acceptors (Lipinski definition) is 4. The minimum atomic E-state index is -0.950. The minimum Gasteiger partial charge on any atom is -0.496 e. The Morgan fingerprint density at radius 3 is 2.06 bits per heavy atom. The van der Waals surface area contributed by atoms with E-state index in [9.17, 15) is 9.59 Å². The van der Waals surface area contributed by atoms with E-state index >= 15 is 0 Å². The van der Waals surface area contributed by atoms with Crippen molar-refractivity contribution in [3.8, 4) is 16.9 Å². The van der Waals surface area contributed by atoms with Crippen LogP contribution in [0.4, 0.5) is 5.69 Å². The molecule has 3 aromatic carbocycles. The zero-order valence-corrected chi connectivity index (χ0v) is 18.6. The molecule has 0 radical (unpaired) electrons. The molecule has 1 amide bonds. The average molecular weight is 433 g/mol. The number of aryl methyl sites for hydroxylation is 1. The molecule has 32 heavy (non-hydrogen) atoms.